The van der Waals surface area contributed by atoms with Crippen LogP contribution < -0.4 is 10.1 Å². The van der Waals surface area contributed by atoms with Crippen LogP contribution in [0.1, 0.15) is 37.5 Å². The standard InChI is InChI=1S/C28H30FNO5/c1-28(2,3)35-27(32)30-24(26(31)34-19-21-12-8-5-9-13-21)17-22-14-15-25(23(29)16-22)33-18-20-10-6-4-7-11-20/h4-16,24H,17-19H2,1-3H3,(H,30,32). The molecule has 1 atom stereocenters. The summed E-state index contributed by atoms with van der Waals surface area (Å²) < 4.78 is 31.0. The van der Waals surface area contributed by atoms with Crippen LogP contribution in [-0.2, 0) is 33.9 Å². The molecule has 1 unspecified atom stereocenters. The molecule has 3 aromatic carbocycles. The first-order valence-corrected chi connectivity index (χ1v) is 11.3. The Morgan fingerprint density at radius 1 is 0.857 bits per heavy atom. The van der Waals surface area contributed by atoms with Crippen LogP contribution in [0.25, 0.3) is 0 Å². The maximum absolute atomic E-state index is 14.7. The molecule has 0 fully saturated rings. The first-order valence-electron chi connectivity index (χ1n) is 11.3. The van der Waals surface area contributed by atoms with E-state index < -0.39 is 29.5 Å². The lowest BCUT2D eigenvalue weighted by atomic mass is 10.1. The summed E-state index contributed by atoms with van der Waals surface area (Å²) in [6, 6.07) is 22.0. The van der Waals surface area contributed by atoms with Crippen LogP contribution in [0.5, 0.6) is 5.75 Å². The van der Waals surface area contributed by atoms with Crippen LogP contribution in [0.2, 0.25) is 0 Å². The van der Waals surface area contributed by atoms with Crippen LogP contribution in [-0.4, -0.2) is 23.7 Å². The van der Waals surface area contributed by atoms with Gasteiger partial charge in [-0.2, -0.15) is 0 Å². The summed E-state index contributed by atoms with van der Waals surface area (Å²) in [5.74, 6) is -1.11. The molecular weight excluding hydrogens is 449 g/mol. The van der Waals surface area contributed by atoms with Gasteiger partial charge in [-0.05, 0) is 49.6 Å². The van der Waals surface area contributed by atoms with Crippen molar-refractivity contribution in [1.29, 1.82) is 0 Å². The Bertz CT molecular complexity index is 1110. The average Bonchev–Trinajstić information content (AvgIpc) is 2.82. The van der Waals surface area contributed by atoms with Gasteiger partial charge in [0.2, 0.25) is 0 Å². The molecule has 7 heteroatoms. The molecule has 0 aliphatic carbocycles. The molecular formula is C28H30FNO5. The van der Waals surface area contributed by atoms with Crippen molar-refractivity contribution in [3.8, 4) is 5.75 Å². The van der Waals surface area contributed by atoms with Gasteiger partial charge in [0.1, 0.15) is 24.9 Å². The molecule has 3 rings (SSSR count). The quantitative estimate of drug-likeness (QED) is 0.406. The second-order valence-electron chi connectivity index (χ2n) is 9.04. The fourth-order valence-corrected chi connectivity index (χ4v) is 3.23. The van der Waals surface area contributed by atoms with Gasteiger partial charge in [0, 0.05) is 6.42 Å². The molecule has 1 amide bonds. The van der Waals surface area contributed by atoms with Gasteiger partial charge in [-0.15, -0.1) is 0 Å². The molecule has 0 radical (unpaired) electrons. The van der Waals surface area contributed by atoms with Crippen LogP contribution in [0.15, 0.2) is 78.9 Å². The first-order chi connectivity index (χ1) is 16.7. The number of hydrogen-bond acceptors (Lipinski definition) is 5. The van der Waals surface area contributed by atoms with Gasteiger partial charge in [0.05, 0.1) is 0 Å². The highest BCUT2D eigenvalue weighted by Gasteiger charge is 2.26. The Hall–Kier alpha value is -3.87. The van der Waals surface area contributed by atoms with E-state index in [1.54, 1.807) is 26.8 Å². The van der Waals surface area contributed by atoms with Crippen molar-refractivity contribution >= 4 is 12.1 Å². The Morgan fingerprint density at radius 3 is 2.03 bits per heavy atom. The summed E-state index contributed by atoms with van der Waals surface area (Å²) in [6.45, 7) is 5.44. The third-order valence-corrected chi connectivity index (χ3v) is 4.87. The number of benzene rings is 3. The number of carbonyl (C=O) groups is 2. The molecule has 0 saturated carbocycles. The number of hydrogen-bond donors (Lipinski definition) is 1. The lowest BCUT2D eigenvalue weighted by Crippen LogP contribution is -2.45. The Balaban J connectivity index is 1.68. The van der Waals surface area contributed by atoms with Crippen molar-refractivity contribution in [3.05, 3.63) is 101 Å². The van der Waals surface area contributed by atoms with E-state index in [2.05, 4.69) is 5.32 Å². The fourth-order valence-electron chi connectivity index (χ4n) is 3.23. The first kappa shape index (κ1) is 25.7. The molecule has 1 N–H and O–H groups in total. The number of rotatable bonds is 9. The predicted octanol–water partition coefficient (Wildman–Crippen LogP) is 5.58. The van der Waals surface area contributed by atoms with Gasteiger partial charge in [-0.25, -0.2) is 14.0 Å². The predicted molar refractivity (Wildman–Crippen MR) is 130 cm³/mol. The fraction of sp³-hybridized carbons (Fsp3) is 0.286. The van der Waals surface area contributed by atoms with Crippen molar-refractivity contribution in [1.82, 2.24) is 5.32 Å². The second kappa shape index (κ2) is 12.0. The van der Waals surface area contributed by atoms with Crippen LogP contribution in [0, 0.1) is 5.82 Å². The Kier molecular flexibility index (Phi) is 8.84. The van der Waals surface area contributed by atoms with E-state index in [4.69, 9.17) is 14.2 Å². The minimum absolute atomic E-state index is 0.0166. The summed E-state index contributed by atoms with van der Waals surface area (Å²) in [4.78, 5) is 25.2. The molecule has 0 bridgehead atoms. The van der Waals surface area contributed by atoms with Crippen molar-refractivity contribution < 1.29 is 28.2 Å². The summed E-state index contributed by atoms with van der Waals surface area (Å²) in [7, 11) is 0. The Labute approximate surface area is 205 Å². The van der Waals surface area contributed by atoms with Gasteiger partial charge in [0.25, 0.3) is 0 Å². The van der Waals surface area contributed by atoms with E-state index >= 15 is 0 Å². The monoisotopic (exact) mass is 479 g/mol. The number of ether oxygens (including phenoxy) is 3. The molecule has 0 spiro atoms. The third-order valence-electron chi connectivity index (χ3n) is 4.87. The van der Waals surface area contributed by atoms with Crippen LogP contribution >= 0.6 is 0 Å². The van der Waals surface area contributed by atoms with Crippen molar-refractivity contribution in [2.24, 2.45) is 0 Å². The number of amides is 1. The van der Waals surface area contributed by atoms with Gasteiger partial charge in [0.15, 0.2) is 11.6 Å². The topological polar surface area (TPSA) is 73.9 Å². The zero-order chi connectivity index (χ0) is 25.3. The molecule has 3 aromatic rings. The summed E-state index contributed by atoms with van der Waals surface area (Å²) in [6.07, 6.45) is -0.745. The minimum atomic E-state index is -1.07. The van der Waals surface area contributed by atoms with Gasteiger partial charge < -0.3 is 19.5 Å². The second-order valence-corrected chi connectivity index (χ2v) is 9.04. The molecule has 184 valence electrons. The lowest BCUT2D eigenvalue weighted by Gasteiger charge is -2.23. The van der Waals surface area contributed by atoms with Crippen LogP contribution in [0.3, 0.4) is 0 Å². The number of halogens is 1. The van der Waals surface area contributed by atoms with Crippen LogP contribution in [0.4, 0.5) is 9.18 Å². The lowest BCUT2D eigenvalue weighted by molar-refractivity contribution is -0.147. The van der Waals surface area contributed by atoms with Crippen molar-refractivity contribution in [2.75, 3.05) is 0 Å². The summed E-state index contributed by atoms with van der Waals surface area (Å²) >= 11 is 0. The van der Waals surface area contributed by atoms with Crippen molar-refractivity contribution in [2.45, 2.75) is 52.0 Å². The van der Waals surface area contributed by atoms with E-state index in [1.165, 1.54) is 12.1 Å². The SMILES string of the molecule is CC(C)(C)OC(=O)NC(Cc1ccc(OCc2ccccc2)c(F)c1)C(=O)OCc1ccccc1. The Morgan fingerprint density at radius 2 is 1.46 bits per heavy atom. The molecule has 0 aliphatic rings. The smallest absolute Gasteiger partial charge is 0.408 e. The number of alkyl carbamates (subject to hydrolysis) is 1. The minimum Gasteiger partial charge on any atom is -0.486 e. The highest BCUT2D eigenvalue weighted by atomic mass is 19.1. The maximum atomic E-state index is 14.7. The van der Waals surface area contributed by atoms with E-state index in [0.29, 0.717) is 5.56 Å². The average molecular weight is 480 g/mol. The molecule has 35 heavy (non-hydrogen) atoms. The maximum Gasteiger partial charge on any atom is 0.408 e. The largest absolute Gasteiger partial charge is 0.486 e. The number of carbonyl (C=O) groups excluding carboxylic acids is 2. The normalized spacial score (nSPS) is 11.9. The van der Waals surface area contributed by atoms with Gasteiger partial charge in [-0.3, -0.25) is 0 Å². The van der Waals surface area contributed by atoms with Gasteiger partial charge >= 0.3 is 12.1 Å². The van der Waals surface area contributed by atoms with Crippen molar-refractivity contribution in [3.63, 3.8) is 0 Å². The van der Waals surface area contributed by atoms with E-state index in [9.17, 15) is 14.0 Å². The van der Waals surface area contributed by atoms with E-state index in [0.717, 1.165) is 11.1 Å². The molecule has 6 nitrogen and oxygen atoms in total. The summed E-state index contributed by atoms with van der Waals surface area (Å²) in [5, 5.41) is 2.55. The summed E-state index contributed by atoms with van der Waals surface area (Å²) in [5.41, 5.74) is 1.47. The zero-order valence-electron chi connectivity index (χ0n) is 20.1. The number of esters is 1. The zero-order valence-corrected chi connectivity index (χ0v) is 20.1. The molecule has 0 heterocycles. The van der Waals surface area contributed by atoms with Gasteiger partial charge in [-0.1, -0.05) is 66.7 Å². The number of nitrogens with one attached hydrogen (secondary N) is 1. The molecule has 0 aromatic heterocycles. The highest BCUT2D eigenvalue weighted by Crippen LogP contribution is 2.21. The molecule has 0 saturated heterocycles. The van der Waals surface area contributed by atoms with E-state index in [1.807, 2.05) is 60.7 Å². The molecule has 0 aliphatic heterocycles. The van der Waals surface area contributed by atoms with E-state index in [-0.39, 0.29) is 25.4 Å². The highest BCUT2D eigenvalue weighted by molar-refractivity contribution is 5.81. The third kappa shape index (κ3) is 8.77.